The van der Waals surface area contributed by atoms with Crippen molar-refractivity contribution in [3.05, 3.63) is 22.6 Å². The van der Waals surface area contributed by atoms with Crippen LogP contribution in [0.1, 0.15) is 61.0 Å². The average Bonchev–Trinajstić information content (AvgIpc) is 2.97. The molecule has 4 heterocycles. The third-order valence-electron chi connectivity index (χ3n) is 5.37. The van der Waals surface area contributed by atoms with E-state index in [0.29, 0.717) is 50.7 Å². The zero-order valence-corrected chi connectivity index (χ0v) is 16.4. The van der Waals surface area contributed by atoms with E-state index in [1.165, 1.54) is 0 Å². The average molecular weight is 373 g/mol. The van der Waals surface area contributed by atoms with Gasteiger partial charge in [-0.25, -0.2) is 4.98 Å². The highest BCUT2D eigenvalue weighted by Crippen LogP contribution is 2.40. The summed E-state index contributed by atoms with van der Waals surface area (Å²) in [6.07, 6.45) is 0.704. The van der Waals surface area contributed by atoms with Crippen molar-refractivity contribution in [2.24, 2.45) is 0 Å². The topological polar surface area (TPSA) is 90.8 Å². The molecule has 1 fully saturated rings. The van der Waals surface area contributed by atoms with E-state index in [1.807, 2.05) is 0 Å². The van der Waals surface area contributed by atoms with Gasteiger partial charge in [0.15, 0.2) is 0 Å². The van der Waals surface area contributed by atoms with Crippen LogP contribution in [-0.2, 0) is 22.5 Å². The van der Waals surface area contributed by atoms with Crippen LogP contribution >= 0.6 is 0 Å². The van der Waals surface area contributed by atoms with Crippen molar-refractivity contribution in [1.82, 2.24) is 9.88 Å². The number of hydrogen-bond acceptors (Lipinski definition) is 6. The number of rotatable bonds is 2. The summed E-state index contributed by atoms with van der Waals surface area (Å²) in [6, 6.07) is 0. The number of hydrogen-bond donors (Lipinski definition) is 1. The Morgan fingerprint density at radius 2 is 1.93 bits per heavy atom. The number of carbonyl (C=O) groups excluding carboxylic acids is 1. The molecule has 0 atom stereocenters. The molecule has 27 heavy (non-hydrogen) atoms. The molecule has 2 aliphatic heterocycles. The fourth-order valence-electron chi connectivity index (χ4n) is 3.93. The summed E-state index contributed by atoms with van der Waals surface area (Å²) < 4.78 is 17.3. The number of carbonyl (C=O) groups is 1. The fourth-order valence-corrected chi connectivity index (χ4v) is 3.93. The standard InChI is InChI=1S/C20H27N3O4/c1-11(2)16-13-10-26-20(3,4)9-12(13)14-15(21)17(27-18(14)22-16)19(24)23-5-7-25-8-6-23/h11H,5-10,21H2,1-4H3. The normalized spacial score (nSPS) is 19.5. The van der Waals surface area contributed by atoms with Gasteiger partial charge in [-0.05, 0) is 25.3 Å². The van der Waals surface area contributed by atoms with Crippen LogP contribution in [0.25, 0.3) is 11.1 Å². The van der Waals surface area contributed by atoms with Crippen molar-refractivity contribution in [2.75, 3.05) is 32.0 Å². The number of morpholine rings is 1. The fraction of sp³-hybridized carbons (Fsp3) is 0.600. The molecule has 0 radical (unpaired) electrons. The van der Waals surface area contributed by atoms with Crippen LogP contribution in [0, 0.1) is 0 Å². The number of nitrogen functional groups attached to an aromatic ring is 1. The van der Waals surface area contributed by atoms with E-state index in [0.717, 1.165) is 22.2 Å². The minimum absolute atomic E-state index is 0.187. The van der Waals surface area contributed by atoms with Gasteiger partial charge in [0.2, 0.25) is 11.5 Å². The van der Waals surface area contributed by atoms with Gasteiger partial charge in [-0.2, -0.15) is 0 Å². The van der Waals surface area contributed by atoms with Crippen LogP contribution in [0.5, 0.6) is 0 Å². The maximum atomic E-state index is 12.9. The third kappa shape index (κ3) is 3.08. The summed E-state index contributed by atoms with van der Waals surface area (Å²) in [5.41, 5.74) is 10.1. The Morgan fingerprint density at radius 3 is 2.59 bits per heavy atom. The van der Waals surface area contributed by atoms with Gasteiger partial charge < -0.3 is 24.5 Å². The molecule has 2 N–H and O–H groups in total. The quantitative estimate of drug-likeness (QED) is 0.870. The van der Waals surface area contributed by atoms with E-state index in [2.05, 4.69) is 27.7 Å². The summed E-state index contributed by atoms with van der Waals surface area (Å²) in [4.78, 5) is 19.4. The Bertz CT molecular complexity index is 894. The lowest BCUT2D eigenvalue weighted by atomic mass is 9.87. The van der Waals surface area contributed by atoms with Gasteiger partial charge >= 0.3 is 0 Å². The largest absolute Gasteiger partial charge is 0.430 e. The van der Waals surface area contributed by atoms with Gasteiger partial charge in [0.05, 0.1) is 42.2 Å². The van der Waals surface area contributed by atoms with Crippen LogP contribution in [0.15, 0.2) is 4.42 Å². The zero-order chi connectivity index (χ0) is 19.3. The maximum Gasteiger partial charge on any atom is 0.292 e. The van der Waals surface area contributed by atoms with Crippen molar-refractivity contribution < 1.29 is 18.7 Å². The number of amides is 1. The van der Waals surface area contributed by atoms with Crippen LogP contribution in [0.2, 0.25) is 0 Å². The number of ether oxygens (including phenoxy) is 2. The highest BCUT2D eigenvalue weighted by Gasteiger charge is 2.34. The Hall–Kier alpha value is -2.12. The number of aromatic nitrogens is 1. The van der Waals surface area contributed by atoms with Crippen LogP contribution in [0.4, 0.5) is 5.69 Å². The zero-order valence-electron chi connectivity index (χ0n) is 16.4. The molecule has 0 aliphatic carbocycles. The molecule has 2 aromatic rings. The number of nitrogens with zero attached hydrogens (tertiary/aromatic N) is 2. The monoisotopic (exact) mass is 373 g/mol. The first kappa shape index (κ1) is 18.3. The van der Waals surface area contributed by atoms with Crippen molar-refractivity contribution >= 4 is 22.7 Å². The Balaban J connectivity index is 1.88. The molecular formula is C20H27N3O4. The second-order valence-electron chi connectivity index (χ2n) is 8.26. The first-order chi connectivity index (χ1) is 12.8. The van der Waals surface area contributed by atoms with Gasteiger partial charge in [-0.1, -0.05) is 13.8 Å². The molecule has 0 saturated carbocycles. The molecule has 1 amide bonds. The Labute approximate surface area is 158 Å². The highest BCUT2D eigenvalue weighted by molar-refractivity contribution is 6.06. The summed E-state index contributed by atoms with van der Waals surface area (Å²) in [5.74, 6) is 0.212. The van der Waals surface area contributed by atoms with Crippen molar-refractivity contribution in [3.8, 4) is 0 Å². The Morgan fingerprint density at radius 1 is 1.22 bits per heavy atom. The Kier molecular flexibility index (Phi) is 4.39. The molecule has 146 valence electrons. The highest BCUT2D eigenvalue weighted by atomic mass is 16.5. The van der Waals surface area contributed by atoms with Crippen LogP contribution in [0.3, 0.4) is 0 Å². The minimum atomic E-state index is -0.298. The van der Waals surface area contributed by atoms with Gasteiger partial charge in [0.1, 0.15) is 0 Å². The van der Waals surface area contributed by atoms with E-state index < -0.39 is 0 Å². The first-order valence-electron chi connectivity index (χ1n) is 9.53. The van der Waals surface area contributed by atoms with E-state index >= 15 is 0 Å². The molecule has 0 bridgehead atoms. The maximum absolute atomic E-state index is 12.9. The number of fused-ring (bicyclic) bond motifs is 3. The molecule has 7 heteroatoms. The van der Waals surface area contributed by atoms with Gasteiger partial charge in [-0.3, -0.25) is 4.79 Å². The second-order valence-corrected chi connectivity index (χ2v) is 8.26. The molecule has 4 rings (SSSR count). The summed E-state index contributed by atoms with van der Waals surface area (Å²) in [7, 11) is 0. The van der Waals surface area contributed by atoms with E-state index in [9.17, 15) is 4.79 Å². The number of pyridine rings is 1. The predicted octanol–water partition coefficient (Wildman–Crippen LogP) is 2.86. The van der Waals surface area contributed by atoms with Crippen LogP contribution in [-0.4, -0.2) is 47.7 Å². The lowest BCUT2D eigenvalue weighted by Gasteiger charge is -2.33. The number of furan rings is 1. The lowest BCUT2D eigenvalue weighted by Crippen LogP contribution is -2.40. The van der Waals surface area contributed by atoms with Gasteiger partial charge in [0, 0.05) is 25.1 Å². The van der Waals surface area contributed by atoms with Crippen LogP contribution < -0.4 is 5.73 Å². The van der Waals surface area contributed by atoms with E-state index in [1.54, 1.807) is 4.90 Å². The molecule has 2 aliphatic rings. The van der Waals surface area contributed by atoms with E-state index in [-0.39, 0.29) is 23.2 Å². The minimum Gasteiger partial charge on any atom is -0.430 e. The summed E-state index contributed by atoms with van der Waals surface area (Å²) >= 11 is 0. The number of nitrogens with two attached hydrogens (primary N) is 1. The van der Waals surface area contributed by atoms with Gasteiger partial charge in [-0.15, -0.1) is 0 Å². The second kappa shape index (κ2) is 6.49. The molecule has 0 spiro atoms. The molecule has 0 aromatic carbocycles. The SMILES string of the molecule is CC(C)c1nc2oc(C(=O)N3CCOCC3)c(N)c2c2c1COC(C)(C)C2. The summed E-state index contributed by atoms with van der Waals surface area (Å²) in [5, 5.41) is 0.766. The molecule has 0 unspecified atom stereocenters. The van der Waals surface area contributed by atoms with Crippen molar-refractivity contribution in [3.63, 3.8) is 0 Å². The summed E-state index contributed by atoms with van der Waals surface area (Å²) in [6.45, 7) is 11.0. The van der Waals surface area contributed by atoms with E-state index in [4.69, 9.17) is 24.6 Å². The molecular weight excluding hydrogens is 346 g/mol. The molecule has 7 nitrogen and oxygen atoms in total. The molecule has 2 aromatic heterocycles. The van der Waals surface area contributed by atoms with Crippen molar-refractivity contribution in [2.45, 2.75) is 52.2 Å². The van der Waals surface area contributed by atoms with Crippen molar-refractivity contribution in [1.29, 1.82) is 0 Å². The first-order valence-corrected chi connectivity index (χ1v) is 9.53. The third-order valence-corrected chi connectivity index (χ3v) is 5.37. The van der Waals surface area contributed by atoms with Gasteiger partial charge in [0.25, 0.3) is 5.91 Å². The smallest absolute Gasteiger partial charge is 0.292 e. The lowest BCUT2D eigenvalue weighted by molar-refractivity contribution is -0.0402. The predicted molar refractivity (Wildman–Crippen MR) is 102 cm³/mol. The number of anilines is 1. The molecule has 1 saturated heterocycles.